The second kappa shape index (κ2) is 7.62. The van der Waals surface area contributed by atoms with Crippen molar-refractivity contribution in [2.24, 2.45) is 40.1 Å². The molecule has 2 rings (SSSR count). The summed E-state index contributed by atoms with van der Waals surface area (Å²) in [5, 5.41) is 0. The van der Waals surface area contributed by atoms with E-state index in [1.165, 1.54) is 0 Å². The Balaban J connectivity index is 2.24. The van der Waals surface area contributed by atoms with Crippen molar-refractivity contribution in [1.82, 2.24) is 0 Å². The van der Waals surface area contributed by atoms with Crippen molar-refractivity contribution < 1.29 is 13.2 Å². The number of rotatable bonds is 7. The molecule has 0 heterocycles. The van der Waals surface area contributed by atoms with Crippen molar-refractivity contribution in [2.45, 2.75) is 104 Å². The molecule has 4 N–H and O–H groups in total. The summed E-state index contributed by atoms with van der Waals surface area (Å²) in [6.45, 7) is 10.2. The molecular weight excluding hydrogens is 337 g/mol. The van der Waals surface area contributed by atoms with Crippen molar-refractivity contribution in [2.75, 3.05) is 0 Å². The summed E-state index contributed by atoms with van der Waals surface area (Å²) < 4.78 is 43.6. The molecule has 0 aromatic heterocycles. The molecule has 0 radical (unpaired) electrons. The minimum atomic E-state index is -2.83. The zero-order valence-electron chi connectivity index (χ0n) is 17.2. The van der Waals surface area contributed by atoms with Gasteiger partial charge in [-0.3, -0.25) is 0 Å². The van der Waals surface area contributed by atoms with E-state index < -0.39 is 23.6 Å². The summed E-state index contributed by atoms with van der Waals surface area (Å²) in [6.07, 6.45) is 3.16. The average molecular weight is 377 g/mol. The van der Waals surface area contributed by atoms with Crippen molar-refractivity contribution in [3.63, 3.8) is 0 Å². The highest BCUT2D eigenvalue weighted by Crippen LogP contribution is 2.58. The van der Waals surface area contributed by atoms with Gasteiger partial charge in [0.25, 0.3) is 5.92 Å². The second-order valence-electron chi connectivity index (χ2n) is 9.52. The third-order valence-corrected chi connectivity index (χ3v) is 8.23. The number of nitrogens with two attached hydrogens (primary N) is 2. The first-order chi connectivity index (χ1) is 12.0. The Labute approximate surface area is 157 Å². The van der Waals surface area contributed by atoms with E-state index in [1.54, 1.807) is 0 Å². The largest absolute Gasteiger partial charge is 0.327 e. The molecule has 5 heteroatoms. The van der Waals surface area contributed by atoms with Gasteiger partial charge in [-0.05, 0) is 54.8 Å². The maximum Gasteiger partial charge on any atom is 0.263 e. The fraction of sp³-hybridized carbons (Fsp3) is 1.00. The van der Waals surface area contributed by atoms with E-state index in [4.69, 9.17) is 11.5 Å². The van der Waals surface area contributed by atoms with Gasteiger partial charge >= 0.3 is 0 Å². The van der Waals surface area contributed by atoms with Crippen LogP contribution in [0.5, 0.6) is 0 Å². The lowest BCUT2D eigenvalue weighted by molar-refractivity contribution is -0.0491. The fourth-order valence-corrected chi connectivity index (χ4v) is 6.46. The van der Waals surface area contributed by atoms with E-state index in [2.05, 4.69) is 13.8 Å². The van der Waals surface area contributed by atoms with E-state index in [0.717, 1.165) is 19.3 Å². The van der Waals surface area contributed by atoms with Crippen molar-refractivity contribution >= 4 is 0 Å². The number of halogens is 3. The van der Waals surface area contributed by atoms with Crippen LogP contribution in [0.1, 0.15) is 79.6 Å². The monoisotopic (exact) mass is 376 g/mol. The van der Waals surface area contributed by atoms with E-state index in [0.29, 0.717) is 19.3 Å². The smallest absolute Gasteiger partial charge is 0.263 e. The van der Waals surface area contributed by atoms with Crippen LogP contribution >= 0.6 is 0 Å². The molecule has 7 atom stereocenters. The van der Waals surface area contributed by atoms with Crippen LogP contribution in [0, 0.1) is 28.6 Å². The lowest BCUT2D eigenvalue weighted by atomic mass is 9.62. The second-order valence-corrected chi connectivity index (χ2v) is 9.52. The molecule has 0 aliphatic heterocycles. The Kier molecular flexibility index (Phi) is 6.44. The SMILES string of the molecule is CCCC1(CC)CC(F)C(CC(C)C2(C(C)C)CCC(F)(F)[C@H]2N)[C@H]1N. The van der Waals surface area contributed by atoms with Crippen LogP contribution in [0.4, 0.5) is 13.2 Å². The highest BCUT2D eigenvalue weighted by Gasteiger charge is 2.61. The predicted octanol–water partition coefficient (Wildman–Crippen LogP) is 5.29. The summed E-state index contributed by atoms with van der Waals surface area (Å²) >= 11 is 0. The third kappa shape index (κ3) is 3.32. The third-order valence-electron chi connectivity index (χ3n) is 8.23. The van der Waals surface area contributed by atoms with Crippen LogP contribution < -0.4 is 11.5 Å². The first-order valence-electron chi connectivity index (χ1n) is 10.5. The topological polar surface area (TPSA) is 52.0 Å². The zero-order valence-corrected chi connectivity index (χ0v) is 17.2. The maximum absolute atomic E-state index is 15.0. The molecule has 2 aliphatic carbocycles. The van der Waals surface area contributed by atoms with Crippen molar-refractivity contribution in [3.05, 3.63) is 0 Å². The van der Waals surface area contributed by atoms with E-state index in [9.17, 15) is 8.78 Å². The van der Waals surface area contributed by atoms with Crippen LogP contribution in [-0.4, -0.2) is 24.2 Å². The number of hydrogen-bond donors (Lipinski definition) is 2. The van der Waals surface area contributed by atoms with Gasteiger partial charge in [-0.2, -0.15) is 0 Å². The summed E-state index contributed by atoms with van der Waals surface area (Å²) in [6, 6.07) is -1.36. The molecule has 26 heavy (non-hydrogen) atoms. The Morgan fingerprint density at radius 2 is 1.69 bits per heavy atom. The Morgan fingerprint density at radius 1 is 1.08 bits per heavy atom. The molecule has 0 spiro atoms. The standard InChI is InChI=1S/C21H39F3N2/c1-6-8-19(7-2)12-16(22)15(17(19)25)11-14(5)20(13(3)4)9-10-21(23,24)18(20)26/h13-18H,6-12,25-26H2,1-5H3/t14?,15?,16?,17-,18+,19?,20?/m1/s1. The summed E-state index contributed by atoms with van der Waals surface area (Å²) in [4.78, 5) is 0. The van der Waals surface area contributed by atoms with Gasteiger partial charge in [0.05, 0.1) is 6.04 Å². The van der Waals surface area contributed by atoms with E-state index in [1.807, 2.05) is 20.8 Å². The Hall–Kier alpha value is -0.290. The first-order valence-corrected chi connectivity index (χ1v) is 10.5. The quantitative estimate of drug-likeness (QED) is 0.634. The summed E-state index contributed by atoms with van der Waals surface area (Å²) in [7, 11) is 0. The zero-order chi connectivity index (χ0) is 19.9. The fourth-order valence-electron chi connectivity index (χ4n) is 6.46. The van der Waals surface area contributed by atoms with Crippen LogP contribution in [0.2, 0.25) is 0 Å². The lowest BCUT2D eigenvalue weighted by Crippen LogP contribution is -2.53. The number of alkyl halides is 3. The summed E-state index contributed by atoms with van der Waals surface area (Å²) in [5.41, 5.74) is 11.9. The summed E-state index contributed by atoms with van der Waals surface area (Å²) in [5.74, 6) is -3.13. The maximum atomic E-state index is 15.0. The molecule has 0 amide bonds. The molecule has 0 bridgehead atoms. The molecule has 0 aromatic rings. The molecule has 154 valence electrons. The van der Waals surface area contributed by atoms with Gasteiger partial charge in [0.2, 0.25) is 0 Å². The van der Waals surface area contributed by atoms with Gasteiger partial charge in [0.1, 0.15) is 6.17 Å². The highest BCUT2D eigenvalue weighted by atomic mass is 19.3. The van der Waals surface area contributed by atoms with Gasteiger partial charge in [-0.15, -0.1) is 0 Å². The van der Waals surface area contributed by atoms with E-state index >= 15 is 4.39 Å². The molecule has 2 aliphatic rings. The van der Waals surface area contributed by atoms with Crippen LogP contribution in [0.25, 0.3) is 0 Å². The van der Waals surface area contributed by atoms with Gasteiger partial charge in [0.15, 0.2) is 0 Å². The van der Waals surface area contributed by atoms with Gasteiger partial charge in [0, 0.05) is 18.4 Å². The molecule has 0 saturated heterocycles. The first kappa shape index (κ1) is 22.0. The van der Waals surface area contributed by atoms with Crippen LogP contribution in [0.3, 0.4) is 0 Å². The molecule has 5 unspecified atom stereocenters. The van der Waals surface area contributed by atoms with Gasteiger partial charge in [-0.1, -0.05) is 41.0 Å². The van der Waals surface area contributed by atoms with Crippen molar-refractivity contribution in [1.29, 1.82) is 0 Å². The Bertz CT molecular complexity index is 484. The number of hydrogen-bond acceptors (Lipinski definition) is 2. The Morgan fingerprint density at radius 3 is 2.12 bits per heavy atom. The van der Waals surface area contributed by atoms with Crippen LogP contribution in [0.15, 0.2) is 0 Å². The molecule has 0 aromatic carbocycles. The predicted molar refractivity (Wildman–Crippen MR) is 102 cm³/mol. The van der Waals surface area contributed by atoms with E-state index in [-0.39, 0.29) is 35.6 Å². The highest BCUT2D eigenvalue weighted by molar-refractivity contribution is 5.10. The van der Waals surface area contributed by atoms with Gasteiger partial charge < -0.3 is 11.5 Å². The van der Waals surface area contributed by atoms with Gasteiger partial charge in [-0.25, -0.2) is 13.2 Å². The molecular formula is C21H39F3N2. The van der Waals surface area contributed by atoms with Crippen molar-refractivity contribution in [3.8, 4) is 0 Å². The molecule has 2 nitrogen and oxygen atoms in total. The van der Waals surface area contributed by atoms with Crippen LogP contribution in [-0.2, 0) is 0 Å². The lowest BCUT2D eigenvalue weighted by Gasteiger charge is -2.45. The molecule has 2 fully saturated rings. The average Bonchev–Trinajstić information content (AvgIpc) is 2.94. The normalized spacial score (nSPS) is 44.0. The minimum absolute atomic E-state index is 0.0307. The minimum Gasteiger partial charge on any atom is -0.327 e. The molecule has 2 saturated carbocycles.